The van der Waals surface area contributed by atoms with Crippen molar-refractivity contribution in [3.63, 3.8) is 0 Å². The Balaban J connectivity index is 1.22. The lowest BCUT2D eigenvalue weighted by molar-refractivity contribution is -0.143. The normalized spacial score (nSPS) is 18.0. The molecular formula is C45H57N7O10. The standard InChI is InChI=1S/C45H57N7O10/c1-27(2)22-36(45(61)62)50-41(57)34(24-30-14-18-32(54)19-15-30)48-43(59)38-11-6-20-51(38)39(55)26-47-42(58)37-10-7-21-52(37)44(60)35(25-28-8-4-3-5-9-28)49-40(56)33(46)23-29-12-16-31(53)17-13-29/h3-5,8-9,12-19,27,33-38,53-54H,6-7,10-11,20-26,46H2,1-2H3,(H,47,58)(H,48,59)(H,49,56)(H,50,57)(H,61,62). The molecule has 2 fully saturated rings. The molecule has 2 aliphatic heterocycles. The molecule has 9 N–H and O–H groups in total. The summed E-state index contributed by atoms with van der Waals surface area (Å²) in [6, 6.07) is 15.0. The van der Waals surface area contributed by atoms with Gasteiger partial charge in [0.25, 0.3) is 0 Å². The molecule has 0 aromatic heterocycles. The third-order valence-electron chi connectivity index (χ3n) is 11.1. The molecule has 5 rings (SSSR count). The minimum absolute atomic E-state index is 0.00122. The molecule has 0 spiro atoms. The molecule has 0 radical (unpaired) electrons. The summed E-state index contributed by atoms with van der Waals surface area (Å²) in [5.41, 5.74) is 8.33. The van der Waals surface area contributed by atoms with E-state index in [1.165, 1.54) is 34.1 Å². The number of amides is 6. The van der Waals surface area contributed by atoms with Gasteiger partial charge in [0.15, 0.2) is 0 Å². The smallest absolute Gasteiger partial charge is 0.326 e. The molecule has 3 aromatic carbocycles. The monoisotopic (exact) mass is 855 g/mol. The molecule has 17 nitrogen and oxygen atoms in total. The summed E-state index contributed by atoms with van der Waals surface area (Å²) in [6.45, 7) is 3.62. The molecule has 0 aliphatic carbocycles. The maximum Gasteiger partial charge on any atom is 0.326 e. The van der Waals surface area contributed by atoms with Gasteiger partial charge >= 0.3 is 5.97 Å². The molecular weight excluding hydrogens is 799 g/mol. The number of carbonyl (C=O) groups excluding carboxylic acids is 6. The lowest BCUT2D eigenvalue weighted by atomic mass is 10.0. The van der Waals surface area contributed by atoms with Gasteiger partial charge in [-0.2, -0.15) is 0 Å². The van der Waals surface area contributed by atoms with Crippen molar-refractivity contribution in [3.05, 3.63) is 95.6 Å². The molecule has 2 aliphatic rings. The Kier molecular flexibility index (Phi) is 16.4. The van der Waals surface area contributed by atoms with E-state index in [4.69, 9.17) is 5.73 Å². The van der Waals surface area contributed by atoms with Gasteiger partial charge in [0.05, 0.1) is 12.6 Å². The van der Waals surface area contributed by atoms with Gasteiger partial charge in [-0.25, -0.2) is 4.79 Å². The molecule has 0 saturated carbocycles. The number of phenols is 2. The number of nitrogens with two attached hydrogens (primary N) is 1. The topological polar surface area (TPSA) is 261 Å². The van der Waals surface area contributed by atoms with E-state index in [1.807, 2.05) is 44.2 Å². The van der Waals surface area contributed by atoms with Gasteiger partial charge in [0, 0.05) is 25.9 Å². The number of nitrogens with one attached hydrogen (secondary N) is 4. The fourth-order valence-electron chi connectivity index (χ4n) is 7.84. The van der Waals surface area contributed by atoms with Gasteiger partial charge in [-0.05, 0) is 85.4 Å². The zero-order chi connectivity index (χ0) is 44.9. The van der Waals surface area contributed by atoms with E-state index in [0.717, 1.165) is 5.56 Å². The summed E-state index contributed by atoms with van der Waals surface area (Å²) in [7, 11) is 0. The molecule has 6 atom stereocenters. The van der Waals surface area contributed by atoms with Crippen LogP contribution >= 0.6 is 0 Å². The summed E-state index contributed by atoms with van der Waals surface area (Å²) in [5.74, 6) is -4.71. The highest BCUT2D eigenvalue weighted by molar-refractivity contribution is 5.96. The van der Waals surface area contributed by atoms with Crippen LogP contribution in [0.4, 0.5) is 0 Å². The van der Waals surface area contributed by atoms with E-state index in [1.54, 1.807) is 24.3 Å². The Morgan fingerprint density at radius 2 is 1.16 bits per heavy atom. The van der Waals surface area contributed by atoms with Crippen LogP contribution in [0.3, 0.4) is 0 Å². The van der Waals surface area contributed by atoms with E-state index in [-0.39, 0.29) is 62.6 Å². The molecule has 17 heteroatoms. The Labute approximate surface area is 360 Å². The lowest BCUT2D eigenvalue weighted by Crippen LogP contribution is -2.57. The second-order valence-corrected chi connectivity index (χ2v) is 16.3. The van der Waals surface area contributed by atoms with E-state index < -0.39 is 84.2 Å². The largest absolute Gasteiger partial charge is 0.508 e. The van der Waals surface area contributed by atoms with Crippen molar-refractivity contribution < 1.29 is 48.9 Å². The van der Waals surface area contributed by atoms with E-state index in [2.05, 4.69) is 21.3 Å². The van der Waals surface area contributed by atoms with Gasteiger partial charge in [0.1, 0.15) is 41.7 Å². The molecule has 332 valence electrons. The second kappa shape index (κ2) is 21.9. The van der Waals surface area contributed by atoms with Crippen molar-refractivity contribution >= 4 is 41.4 Å². The van der Waals surface area contributed by atoms with Gasteiger partial charge in [-0.1, -0.05) is 68.4 Å². The number of aromatic hydroxyl groups is 2. The number of hydrogen-bond acceptors (Lipinski definition) is 10. The zero-order valence-electron chi connectivity index (χ0n) is 35.0. The van der Waals surface area contributed by atoms with Crippen LogP contribution in [-0.4, -0.2) is 122 Å². The van der Waals surface area contributed by atoms with Crippen molar-refractivity contribution in [1.82, 2.24) is 31.1 Å². The molecule has 6 amide bonds. The van der Waals surface area contributed by atoms with E-state index in [9.17, 15) is 48.9 Å². The number of benzene rings is 3. The quantitative estimate of drug-likeness (QED) is 0.0848. The summed E-state index contributed by atoms with van der Waals surface area (Å²) < 4.78 is 0. The van der Waals surface area contributed by atoms with E-state index in [0.29, 0.717) is 30.4 Å². The number of aliphatic carboxylic acids is 1. The third kappa shape index (κ3) is 13.0. The first kappa shape index (κ1) is 46.6. The fourth-order valence-corrected chi connectivity index (χ4v) is 7.84. The maximum absolute atomic E-state index is 14.2. The maximum atomic E-state index is 14.2. The van der Waals surface area contributed by atoms with Crippen molar-refractivity contribution in [2.45, 2.75) is 101 Å². The minimum atomic E-state index is -1.22. The predicted molar refractivity (Wildman–Crippen MR) is 227 cm³/mol. The Hall–Kier alpha value is -6.49. The molecule has 2 heterocycles. The summed E-state index contributed by atoms with van der Waals surface area (Å²) in [6.07, 6.45) is 1.99. The third-order valence-corrected chi connectivity index (χ3v) is 11.1. The fraction of sp³-hybridized carbons (Fsp3) is 0.444. The summed E-state index contributed by atoms with van der Waals surface area (Å²) >= 11 is 0. The SMILES string of the molecule is CC(C)CC(NC(=O)C(Cc1ccc(O)cc1)NC(=O)C1CCCN1C(=O)CNC(=O)C1CCCN1C(=O)C(Cc1ccccc1)NC(=O)C(N)Cc1ccc(O)cc1)C(=O)O. The highest BCUT2D eigenvalue weighted by atomic mass is 16.4. The van der Waals surface area contributed by atoms with Crippen LogP contribution in [0.5, 0.6) is 11.5 Å². The average Bonchev–Trinajstić information content (AvgIpc) is 3.95. The van der Waals surface area contributed by atoms with Crippen molar-refractivity contribution in [2.75, 3.05) is 19.6 Å². The highest BCUT2D eigenvalue weighted by Gasteiger charge is 2.40. The van der Waals surface area contributed by atoms with Crippen LogP contribution in [0.15, 0.2) is 78.9 Å². The number of carboxylic acid groups (broad SMARTS) is 1. The molecule has 6 unspecified atom stereocenters. The highest BCUT2D eigenvalue weighted by Crippen LogP contribution is 2.22. The number of carboxylic acids is 1. The van der Waals surface area contributed by atoms with Crippen molar-refractivity contribution in [2.24, 2.45) is 11.7 Å². The minimum Gasteiger partial charge on any atom is -0.508 e. The van der Waals surface area contributed by atoms with Gasteiger partial charge in [-0.3, -0.25) is 28.8 Å². The first-order valence-corrected chi connectivity index (χ1v) is 21.0. The lowest BCUT2D eigenvalue weighted by Gasteiger charge is -2.30. The molecule has 0 bridgehead atoms. The van der Waals surface area contributed by atoms with E-state index >= 15 is 0 Å². The van der Waals surface area contributed by atoms with Crippen LogP contribution in [-0.2, 0) is 52.8 Å². The number of nitrogens with zero attached hydrogens (tertiary/aromatic N) is 2. The van der Waals surface area contributed by atoms with Gasteiger partial charge in [-0.15, -0.1) is 0 Å². The number of rotatable bonds is 19. The average molecular weight is 856 g/mol. The number of hydrogen-bond donors (Lipinski definition) is 8. The zero-order valence-corrected chi connectivity index (χ0v) is 35.0. The summed E-state index contributed by atoms with van der Waals surface area (Å²) in [5, 5.41) is 39.8. The molecule has 62 heavy (non-hydrogen) atoms. The van der Waals surface area contributed by atoms with Crippen LogP contribution in [0, 0.1) is 5.92 Å². The summed E-state index contributed by atoms with van der Waals surface area (Å²) in [4.78, 5) is 96.8. The van der Waals surface area contributed by atoms with Gasteiger partial charge in [0.2, 0.25) is 35.4 Å². The van der Waals surface area contributed by atoms with Crippen LogP contribution in [0.2, 0.25) is 0 Å². The Morgan fingerprint density at radius 1 is 0.645 bits per heavy atom. The molecule has 3 aromatic rings. The first-order valence-electron chi connectivity index (χ1n) is 21.0. The predicted octanol–water partition coefficient (Wildman–Crippen LogP) is 1.14. The molecule has 2 saturated heterocycles. The van der Waals surface area contributed by atoms with Crippen molar-refractivity contribution in [1.29, 1.82) is 0 Å². The number of carbonyl (C=O) groups is 7. The second-order valence-electron chi connectivity index (χ2n) is 16.3. The van der Waals surface area contributed by atoms with Crippen LogP contribution < -0.4 is 27.0 Å². The Bertz CT molecular complexity index is 2050. The van der Waals surface area contributed by atoms with Crippen LogP contribution in [0.1, 0.15) is 62.6 Å². The Morgan fingerprint density at radius 3 is 1.74 bits per heavy atom. The first-order chi connectivity index (χ1) is 29.6. The number of phenolic OH excluding ortho intramolecular Hbond substituents is 2. The number of likely N-dealkylation sites (tertiary alicyclic amines) is 2. The van der Waals surface area contributed by atoms with Crippen LogP contribution in [0.25, 0.3) is 0 Å². The van der Waals surface area contributed by atoms with Crippen molar-refractivity contribution in [3.8, 4) is 11.5 Å². The van der Waals surface area contributed by atoms with Gasteiger partial charge < -0.3 is 52.1 Å².